The van der Waals surface area contributed by atoms with Crippen molar-refractivity contribution in [2.45, 2.75) is 32.2 Å². The van der Waals surface area contributed by atoms with Crippen molar-refractivity contribution in [1.82, 2.24) is 10.2 Å². The molecular formula is C16H19N3O2. The smallest absolute Gasteiger partial charge is 0.326 e. The molecule has 1 aromatic heterocycles. The molecule has 0 bridgehead atoms. The molecule has 1 aliphatic rings. The molecule has 2 atom stereocenters. The van der Waals surface area contributed by atoms with Crippen molar-refractivity contribution in [2.75, 3.05) is 11.4 Å². The third-order valence-electron chi connectivity index (χ3n) is 4.41. The van der Waals surface area contributed by atoms with Crippen LogP contribution < -0.4 is 4.90 Å². The minimum Gasteiger partial charge on any atom is -0.480 e. The first-order chi connectivity index (χ1) is 10.2. The molecule has 0 saturated carbocycles. The van der Waals surface area contributed by atoms with E-state index in [9.17, 15) is 9.90 Å². The predicted molar refractivity (Wildman–Crippen MR) is 81.3 cm³/mol. The molecule has 1 saturated heterocycles. The van der Waals surface area contributed by atoms with E-state index in [0.717, 1.165) is 36.0 Å². The minimum absolute atomic E-state index is 0.476. The Hall–Kier alpha value is -2.17. The van der Waals surface area contributed by atoms with Gasteiger partial charge in [-0.05, 0) is 24.8 Å². The van der Waals surface area contributed by atoms with Gasteiger partial charge in [0.05, 0.1) is 17.4 Å². The second-order valence-electron chi connectivity index (χ2n) is 5.59. The third-order valence-corrected chi connectivity index (χ3v) is 4.41. The highest BCUT2D eigenvalue weighted by Gasteiger charge is 2.33. The van der Waals surface area contributed by atoms with Crippen LogP contribution in [0.15, 0.2) is 30.5 Å². The number of carboxylic acid groups (broad SMARTS) is 1. The van der Waals surface area contributed by atoms with Gasteiger partial charge in [0.25, 0.3) is 0 Å². The number of carbonyl (C=O) groups is 1. The maximum atomic E-state index is 11.7. The van der Waals surface area contributed by atoms with E-state index in [2.05, 4.69) is 17.1 Å². The van der Waals surface area contributed by atoms with E-state index in [-0.39, 0.29) is 0 Å². The summed E-state index contributed by atoms with van der Waals surface area (Å²) < 4.78 is 0. The van der Waals surface area contributed by atoms with Crippen LogP contribution in [0.3, 0.4) is 0 Å². The molecule has 5 nitrogen and oxygen atoms in total. The van der Waals surface area contributed by atoms with Crippen LogP contribution in [0.2, 0.25) is 0 Å². The van der Waals surface area contributed by atoms with Gasteiger partial charge in [0.1, 0.15) is 6.04 Å². The lowest BCUT2D eigenvalue weighted by Crippen LogP contribution is -2.47. The maximum Gasteiger partial charge on any atom is 0.326 e. The molecule has 0 spiro atoms. The van der Waals surface area contributed by atoms with E-state index in [1.165, 1.54) is 0 Å². The maximum absolute atomic E-state index is 11.7. The number of carboxylic acids is 1. The first kappa shape index (κ1) is 13.8. The van der Waals surface area contributed by atoms with Crippen LogP contribution in [-0.2, 0) is 4.79 Å². The van der Waals surface area contributed by atoms with Crippen LogP contribution in [0.1, 0.15) is 26.2 Å². The zero-order valence-electron chi connectivity index (χ0n) is 12.1. The van der Waals surface area contributed by atoms with E-state index in [1.807, 2.05) is 29.2 Å². The van der Waals surface area contributed by atoms with Gasteiger partial charge in [-0.25, -0.2) is 4.79 Å². The summed E-state index contributed by atoms with van der Waals surface area (Å²) in [4.78, 5) is 13.6. The number of hydrogen-bond donors (Lipinski definition) is 1. The van der Waals surface area contributed by atoms with E-state index >= 15 is 0 Å². The molecule has 2 unspecified atom stereocenters. The summed E-state index contributed by atoms with van der Waals surface area (Å²) >= 11 is 0. The van der Waals surface area contributed by atoms with Gasteiger partial charge in [0.15, 0.2) is 0 Å². The van der Waals surface area contributed by atoms with Crippen molar-refractivity contribution >= 4 is 22.6 Å². The Labute approximate surface area is 123 Å². The van der Waals surface area contributed by atoms with E-state index < -0.39 is 12.0 Å². The van der Waals surface area contributed by atoms with E-state index in [0.29, 0.717) is 12.3 Å². The molecule has 5 heteroatoms. The van der Waals surface area contributed by atoms with Crippen LogP contribution in [0.25, 0.3) is 10.9 Å². The lowest BCUT2D eigenvalue weighted by molar-refractivity contribution is -0.139. The van der Waals surface area contributed by atoms with Gasteiger partial charge in [-0.3, -0.25) is 0 Å². The highest BCUT2D eigenvalue weighted by molar-refractivity contribution is 5.93. The average Bonchev–Trinajstić information content (AvgIpc) is 2.53. The normalized spacial score (nSPS) is 22.4. The largest absolute Gasteiger partial charge is 0.480 e. The van der Waals surface area contributed by atoms with Crippen molar-refractivity contribution < 1.29 is 9.90 Å². The van der Waals surface area contributed by atoms with E-state index in [4.69, 9.17) is 0 Å². The summed E-state index contributed by atoms with van der Waals surface area (Å²) in [6.45, 7) is 2.88. The number of aliphatic carboxylic acids is 1. The fraction of sp³-hybridized carbons (Fsp3) is 0.438. The molecule has 1 aromatic carbocycles. The number of nitrogens with zero attached hydrogens (tertiary/aromatic N) is 3. The topological polar surface area (TPSA) is 66.3 Å². The fourth-order valence-corrected chi connectivity index (χ4v) is 3.15. The van der Waals surface area contributed by atoms with E-state index in [1.54, 1.807) is 6.20 Å². The molecule has 0 amide bonds. The van der Waals surface area contributed by atoms with Gasteiger partial charge in [0, 0.05) is 11.9 Å². The monoisotopic (exact) mass is 285 g/mol. The highest BCUT2D eigenvalue weighted by Crippen LogP contribution is 2.33. The standard InChI is InChI=1S/C16H19N3O2/c1-2-11-7-8-19(14(9-11)16(20)21)15-10-17-18-13-6-4-3-5-12(13)15/h3-6,10-11,14H,2,7-9H2,1H3,(H,20,21). The average molecular weight is 285 g/mol. The zero-order valence-corrected chi connectivity index (χ0v) is 12.1. The summed E-state index contributed by atoms with van der Waals surface area (Å²) in [6, 6.07) is 7.27. The predicted octanol–water partition coefficient (Wildman–Crippen LogP) is 2.71. The Morgan fingerprint density at radius 3 is 3.00 bits per heavy atom. The van der Waals surface area contributed by atoms with Crippen molar-refractivity contribution in [3.63, 3.8) is 0 Å². The van der Waals surface area contributed by atoms with Crippen LogP contribution >= 0.6 is 0 Å². The third kappa shape index (κ3) is 2.55. The lowest BCUT2D eigenvalue weighted by atomic mass is 9.88. The van der Waals surface area contributed by atoms with Crippen LogP contribution in [0.4, 0.5) is 5.69 Å². The first-order valence-corrected chi connectivity index (χ1v) is 7.40. The number of benzene rings is 1. The quantitative estimate of drug-likeness (QED) is 0.939. The Balaban J connectivity index is 2.02. The Morgan fingerprint density at radius 2 is 2.24 bits per heavy atom. The second kappa shape index (κ2) is 5.68. The molecule has 0 radical (unpaired) electrons. The number of aromatic nitrogens is 2. The summed E-state index contributed by atoms with van der Waals surface area (Å²) in [5.74, 6) is -0.266. The molecule has 110 valence electrons. The summed E-state index contributed by atoms with van der Waals surface area (Å²) in [7, 11) is 0. The van der Waals surface area contributed by atoms with Crippen molar-refractivity contribution in [1.29, 1.82) is 0 Å². The number of fused-ring (bicyclic) bond motifs is 1. The van der Waals surface area contributed by atoms with Crippen molar-refractivity contribution in [3.05, 3.63) is 30.5 Å². The Bertz CT molecular complexity index is 654. The van der Waals surface area contributed by atoms with Crippen LogP contribution in [-0.4, -0.2) is 33.9 Å². The Morgan fingerprint density at radius 1 is 1.43 bits per heavy atom. The molecule has 1 aliphatic heterocycles. The number of piperidine rings is 1. The van der Waals surface area contributed by atoms with Gasteiger partial charge >= 0.3 is 5.97 Å². The van der Waals surface area contributed by atoms with Gasteiger partial charge in [-0.1, -0.05) is 31.5 Å². The minimum atomic E-state index is -0.756. The number of rotatable bonds is 3. The van der Waals surface area contributed by atoms with Crippen LogP contribution in [0.5, 0.6) is 0 Å². The SMILES string of the molecule is CCC1CCN(c2cnnc3ccccc23)C(C(=O)O)C1. The summed E-state index contributed by atoms with van der Waals surface area (Å²) in [5.41, 5.74) is 1.68. The Kier molecular flexibility index (Phi) is 3.73. The molecule has 2 aromatic rings. The first-order valence-electron chi connectivity index (χ1n) is 7.40. The van der Waals surface area contributed by atoms with Crippen molar-refractivity contribution in [3.8, 4) is 0 Å². The summed E-state index contributed by atoms with van der Waals surface area (Å²) in [6.07, 6.45) is 4.44. The van der Waals surface area contributed by atoms with Gasteiger partial charge < -0.3 is 10.0 Å². The van der Waals surface area contributed by atoms with Crippen LogP contribution in [0, 0.1) is 5.92 Å². The van der Waals surface area contributed by atoms with Gasteiger partial charge in [-0.2, -0.15) is 10.2 Å². The molecule has 3 rings (SSSR count). The molecule has 21 heavy (non-hydrogen) atoms. The van der Waals surface area contributed by atoms with Gasteiger partial charge in [0.2, 0.25) is 0 Å². The second-order valence-corrected chi connectivity index (χ2v) is 5.59. The van der Waals surface area contributed by atoms with Gasteiger partial charge in [-0.15, -0.1) is 0 Å². The molecule has 1 N–H and O–H groups in total. The molecule has 2 heterocycles. The summed E-state index contributed by atoms with van der Waals surface area (Å²) in [5, 5.41) is 18.7. The molecule has 0 aliphatic carbocycles. The molecule has 1 fully saturated rings. The lowest BCUT2D eigenvalue weighted by Gasteiger charge is -2.38. The zero-order chi connectivity index (χ0) is 14.8. The van der Waals surface area contributed by atoms with Crippen molar-refractivity contribution in [2.24, 2.45) is 5.92 Å². The highest BCUT2D eigenvalue weighted by atomic mass is 16.4. The number of anilines is 1. The molecular weight excluding hydrogens is 266 g/mol. The number of hydrogen-bond acceptors (Lipinski definition) is 4. The fourth-order valence-electron chi connectivity index (χ4n) is 3.15.